The summed E-state index contributed by atoms with van der Waals surface area (Å²) in [5, 5.41) is 13.1. The van der Waals surface area contributed by atoms with Gasteiger partial charge in [-0.2, -0.15) is 0 Å². The molecular weight excluding hydrogens is 448 g/mol. The number of rotatable bonds is 8. The quantitative estimate of drug-likeness (QED) is 0.459. The van der Waals surface area contributed by atoms with E-state index in [-0.39, 0.29) is 12.5 Å². The number of likely N-dealkylation sites (tertiary alicyclic amines) is 1. The first-order valence-electron chi connectivity index (χ1n) is 12.9. The van der Waals surface area contributed by atoms with Crippen molar-refractivity contribution in [2.24, 2.45) is 0 Å². The van der Waals surface area contributed by atoms with Gasteiger partial charge in [0.15, 0.2) is 0 Å². The highest BCUT2D eigenvalue weighted by molar-refractivity contribution is 5.92. The van der Waals surface area contributed by atoms with Gasteiger partial charge in [0.1, 0.15) is 18.5 Å². The first-order valence-corrected chi connectivity index (χ1v) is 12.9. The van der Waals surface area contributed by atoms with Gasteiger partial charge >= 0.3 is 0 Å². The van der Waals surface area contributed by atoms with Gasteiger partial charge in [-0.05, 0) is 71.0 Å². The molecule has 2 heterocycles. The molecule has 2 aliphatic heterocycles. The van der Waals surface area contributed by atoms with Gasteiger partial charge in [0, 0.05) is 38.8 Å². The van der Waals surface area contributed by atoms with E-state index in [2.05, 4.69) is 53.4 Å². The van der Waals surface area contributed by atoms with Crippen LogP contribution in [0.3, 0.4) is 0 Å². The molecule has 3 aromatic rings. The number of aliphatic hydroxyl groups is 1. The lowest BCUT2D eigenvalue weighted by Gasteiger charge is -2.28. The molecule has 1 atom stereocenters. The standard InChI is InChI=1S/C31H34N2O3/c34-29(23-36-30-9-5-6-24(20-30)10-13-31(35)33-16-3-4-17-33)22-32-18-14-26(15-19-32)28-12-11-25-7-1-2-8-27(25)21-28/h1-2,5-14,20-21,29,34H,3-4,15-19,22-23H2. The van der Waals surface area contributed by atoms with Gasteiger partial charge in [-0.1, -0.05) is 54.6 Å². The van der Waals surface area contributed by atoms with Crippen molar-refractivity contribution in [3.63, 3.8) is 0 Å². The lowest BCUT2D eigenvalue weighted by atomic mass is 9.97. The van der Waals surface area contributed by atoms with Gasteiger partial charge in [0.2, 0.25) is 5.91 Å². The molecule has 2 aliphatic rings. The third kappa shape index (κ3) is 6.23. The summed E-state index contributed by atoms with van der Waals surface area (Å²) in [6, 6.07) is 22.8. The minimum atomic E-state index is -0.573. The van der Waals surface area contributed by atoms with Crippen LogP contribution in [0, 0.1) is 0 Å². The van der Waals surface area contributed by atoms with E-state index in [1.54, 1.807) is 6.08 Å². The molecule has 1 fully saturated rings. The maximum atomic E-state index is 12.2. The summed E-state index contributed by atoms with van der Waals surface area (Å²) in [6.45, 7) is 4.25. The van der Waals surface area contributed by atoms with Crippen molar-refractivity contribution in [3.8, 4) is 5.75 Å². The van der Waals surface area contributed by atoms with Crippen LogP contribution in [0.5, 0.6) is 5.75 Å². The van der Waals surface area contributed by atoms with Crippen LogP contribution < -0.4 is 4.74 Å². The summed E-state index contributed by atoms with van der Waals surface area (Å²) in [5.74, 6) is 0.760. The molecular formula is C31H34N2O3. The molecule has 0 spiro atoms. The van der Waals surface area contributed by atoms with Crippen molar-refractivity contribution in [2.75, 3.05) is 39.3 Å². The Kier molecular flexibility index (Phi) is 7.79. The largest absolute Gasteiger partial charge is 0.491 e. The number of nitrogens with zero attached hydrogens (tertiary/aromatic N) is 2. The first kappa shape index (κ1) is 24.3. The molecule has 5 rings (SSSR count). The molecule has 0 aliphatic carbocycles. The summed E-state index contributed by atoms with van der Waals surface area (Å²) in [7, 11) is 0. The average Bonchev–Trinajstić information content (AvgIpc) is 3.46. The molecule has 0 radical (unpaired) electrons. The topological polar surface area (TPSA) is 53.0 Å². The van der Waals surface area contributed by atoms with E-state index in [0.29, 0.717) is 12.3 Å². The third-order valence-electron chi connectivity index (χ3n) is 7.02. The fourth-order valence-electron chi connectivity index (χ4n) is 4.99. The molecule has 1 saturated heterocycles. The summed E-state index contributed by atoms with van der Waals surface area (Å²) in [6.07, 6.45) is 8.31. The van der Waals surface area contributed by atoms with Crippen LogP contribution in [0.2, 0.25) is 0 Å². The van der Waals surface area contributed by atoms with Crippen molar-refractivity contribution in [1.82, 2.24) is 9.80 Å². The van der Waals surface area contributed by atoms with Crippen LogP contribution in [-0.2, 0) is 4.79 Å². The highest BCUT2D eigenvalue weighted by atomic mass is 16.5. The zero-order valence-corrected chi connectivity index (χ0v) is 20.7. The summed E-state index contributed by atoms with van der Waals surface area (Å²) < 4.78 is 5.87. The van der Waals surface area contributed by atoms with Crippen LogP contribution in [0.1, 0.15) is 30.4 Å². The molecule has 186 valence electrons. The Labute approximate surface area is 213 Å². The molecule has 0 aromatic heterocycles. The summed E-state index contributed by atoms with van der Waals surface area (Å²) in [4.78, 5) is 16.4. The smallest absolute Gasteiger partial charge is 0.246 e. The molecule has 5 heteroatoms. The van der Waals surface area contributed by atoms with E-state index < -0.39 is 6.10 Å². The Morgan fingerprint density at radius 2 is 1.81 bits per heavy atom. The van der Waals surface area contributed by atoms with Crippen molar-refractivity contribution in [1.29, 1.82) is 0 Å². The Bertz CT molecular complexity index is 1260. The summed E-state index contributed by atoms with van der Waals surface area (Å²) >= 11 is 0. The number of ether oxygens (including phenoxy) is 1. The second kappa shape index (κ2) is 11.5. The van der Waals surface area contributed by atoms with Crippen molar-refractivity contribution in [2.45, 2.75) is 25.4 Å². The van der Waals surface area contributed by atoms with Gasteiger partial charge in [0.05, 0.1) is 0 Å². The first-order chi connectivity index (χ1) is 17.6. The van der Waals surface area contributed by atoms with Crippen molar-refractivity contribution < 1.29 is 14.6 Å². The molecule has 36 heavy (non-hydrogen) atoms. The van der Waals surface area contributed by atoms with Crippen LogP contribution in [0.25, 0.3) is 22.4 Å². The minimum absolute atomic E-state index is 0.0635. The Morgan fingerprint density at radius 3 is 2.61 bits per heavy atom. The lowest BCUT2D eigenvalue weighted by molar-refractivity contribution is -0.124. The number of fused-ring (bicyclic) bond motifs is 1. The normalized spacial score (nSPS) is 17.5. The van der Waals surface area contributed by atoms with Gasteiger partial charge in [-0.3, -0.25) is 9.69 Å². The Morgan fingerprint density at radius 1 is 0.972 bits per heavy atom. The van der Waals surface area contributed by atoms with E-state index in [1.807, 2.05) is 35.2 Å². The summed E-state index contributed by atoms with van der Waals surface area (Å²) in [5.41, 5.74) is 3.57. The fourth-order valence-corrected chi connectivity index (χ4v) is 4.99. The van der Waals surface area contributed by atoms with Gasteiger partial charge < -0.3 is 14.7 Å². The second-order valence-electron chi connectivity index (χ2n) is 9.70. The number of aliphatic hydroxyl groups excluding tert-OH is 1. The average molecular weight is 483 g/mol. The maximum Gasteiger partial charge on any atom is 0.246 e. The Hall–Kier alpha value is -3.41. The molecule has 1 N–H and O–H groups in total. The van der Waals surface area contributed by atoms with E-state index in [9.17, 15) is 9.90 Å². The second-order valence-corrected chi connectivity index (χ2v) is 9.70. The van der Waals surface area contributed by atoms with E-state index >= 15 is 0 Å². The highest BCUT2D eigenvalue weighted by Crippen LogP contribution is 2.26. The number of amides is 1. The SMILES string of the molecule is O=C(C=Cc1cccc(OCC(O)CN2CC=C(c3ccc4ccccc4c3)CC2)c1)N1CCCC1. The number of benzene rings is 3. The molecule has 0 bridgehead atoms. The monoisotopic (exact) mass is 482 g/mol. The highest BCUT2D eigenvalue weighted by Gasteiger charge is 2.17. The number of hydrogen-bond acceptors (Lipinski definition) is 4. The maximum absolute atomic E-state index is 12.2. The Balaban J connectivity index is 1.10. The zero-order chi connectivity index (χ0) is 24.7. The van der Waals surface area contributed by atoms with E-state index in [1.165, 1.54) is 21.9 Å². The van der Waals surface area contributed by atoms with Crippen LogP contribution in [0.15, 0.2) is 78.9 Å². The lowest BCUT2D eigenvalue weighted by Crippen LogP contribution is -2.38. The van der Waals surface area contributed by atoms with Crippen LogP contribution >= 0.6 is 0 Å². The van der Waals surface area contributed by atoms with Crippen molar-refractivity contribution in [3.05, 3.63) is 90.0 Å². The number of hydrogen-bond donors (Lipinski definition) is 1. The van der Waals surface area contributed by atoms with Gasteiger partial charge in [-0.15, -0.1) is 0 Å². The van der Waals surface area contributed by atoms with E-state index in [0.717, 1.165) is 51.0 Å². The number of carbonyl (C=O) groups excluding carboxylic acids is 1. The predicted molar refractivity (Wildman–Crippen MR) is 146 cm³/mol. The molecule has 1 amide bonds. The molecule has 3 aromatic carbocycles. The minimum Gasteiger partial charge on any atom is -0.491 e. The van der Waals surface area contributed by atoms with Gasteiger partial charge in [0.25, 0.3) is 0 Å². The van der Waals surface area contributed by atoms with Crippen LogP contribution in [0.4, 0.5) is 0 Å². The van der Waals surface area contributed by atoms with Crippen molar-refractivity contribution >= 4 is 28.3 Å². The fraction of sp³-hybridized carbons (Fsp3) is 0.323. The molecule has 0 saturated carbocycles. The zero-order valence-electron chi connectivity index (χ0n) is 20.7. The number of carbonyl (C=O) groups is 1. The van der Waals surface area contributed by atoms with E-state index in [4.69, 9.17) is 4.74 Å². The van der Waals surface area contributed by atoms with Gasteiger partial charge in [-0.25, -0.2) is 0 Å². The van der Waals surface area contributed by atoms with Crippen LogP contribution in [-0.4, -0.2) is 66.2 Å². The molecule has 1 unspecified atom stereocenters. The predicted octanol–water partition coefficient (Wildman–Crippen LogP) is 5.00. The third-order valence-corrected chi connectivity index (χ3v) is 7.02. The number of β-amino-alcohol motifs (C(OH)–C–C–N with tert-alkyl or cyclic N) is 1. The molecule has 5 nitrogen and oxygen atoms in total.